The molecule has 0 unspecified atom stereocenters. The largest absolute Gasteiger partial charge is 0.459 e. The normalized spacial score (nSPS) is 12.3. The van der Waals surface area contributed by atoms with Gasteiger partial charge in [-0.1, -0.05) is 18.2 Å². The third kappa shape index (κ3) is 7.95. The molecule has 8 heteroatoms. The Balaban J connectivity index is 0.00000392. The molecule has 0 bridgehead atoms. The first-order valence-electron chi connectivity index (χ1n) is 9.01. The lowest BCUT2D eigenvalue weighted by molar-refractivity contribution is 0.0474. The molecule has 0 fully saturated rings. The van der Waals surface area contributed by atoms with E-state index < -0.39 is 17.2 Å². The number of carbonyl (C=O) groups excluding carboxylic acids is 1. The number of hydrogen-bond donors (Lipinski definition) is 3. The molecule has 3 N–H and O–H groups in total. The van der Waals surface area contributed by atoms with Gasteiger partial charge >= 0.3 is 6.09 Å². The van der Waals surface area contributed by atoms with E-state index in [0.717, 1.165) is 16.7 Å². The number of furan rings is 1. The van der Waals surface area contributed by atoms with E-state index in [9.17, 15) is 4.79 Å². The molecule has 0 aliphatic rings. The fraction of sp³-hybridized carbons (Fsp3) is 0.500. The molecule has 0 aliphatic heterocycles. The minimum atomic E-state index is -0.530. The summed E-state index contributed by atoms with van der Waals surface area (Å²) in [6.45, 7) is 10.3. The third-order valence-electron chi connectivity index (χ3n) is 3.67. The molecule has 0 saturated carbocycles. The molecule has 0 saturated heterocycles. The molecule has 156 valence electrons. The SMILES string of the molecule is CN=C(NCc1cc2ccccc2o1)NCC(C)(C)NC(=O)OC(C)(C)C.I. The van der Waals surface area contributed by atoms with Crippen molar-refractivity contribution in [2.45, 2.75) is 52.3 Å². The van der Waals surface area contributed by atoms with Crippen LogP contribution in [-0.2, 0) is 11.3 Å². The average molecular weight is 502 g/mol. The Bertz CT molecular complexity index is 776. The first kappa shape index (κ1) is 24.1. The van der Waals surface area contributed by atoms with Gasteiger partial charge in [0, 0.05) is 19.0 Å². The van der Waals surface area contributed by atoms with Gasteiger partial charge in [-0.3, -0.25) is 4.99 Å². The van der Waals surface area contributed by atoms with Crippen LogP contribution in [0.1, 0.15) is 40.4 Å². The van der Waals surface area contributed by atoms with Gasteiger partial charge in [0.15, 0.2) is 5.96 Å². The molecule has 2 rings (SSSR count). The second-order valence-corrected chi connectivity index (χ2v) is 8.04. The molecule has 0 aliphatic carbocycles. The van der Waals surface area contributed by atoms with Crippen molar-refractivity contribution in [1.82, 2.24) is 16.0 Å². The number of guanidine groups is 1. The number of amides is 1. The third-order valence-corrected chi connectivity index (χ3v) is 3.67. The van der Waals surface area contributed by atoms with Crippen molar-refractivity contribution < 1.29 is 13.9 Å². The summed E-state index contributed by atoms with van der Waals surface area (Å²) in [6.07, 6.45) is -0.445. The van der Waals surface area contributed by atoms with Crippen LogP contribution in [0.25, 0.3) is 11.0 Å². The first-order valence-corrected chi connectivity index (χ1v) is 9.01. The number of nitrogens with zero attached hydrogens (tertiary/aromatic N) is 1. The molecule has 0 radical (unpaired) electrons. The van der Waals surface area contributed by atoms with E-state index >= 15 is 0 Å². The fourth-order valence-corrected chi connectivity index (χ4v) is 2.44. The van der Waals surface area contributed by atoms with Crippen molar-refractivity contribution in [3.63, 3.8) is 0 Å². The molecule has 7 nitrogen and oxygen atoms in total. The van der Waals surface area contributed by atoms with E-state index in [1.807, 2.05) is 65.0 Å². The van der Waals surface area contributed by atoms with Crippen molar-refractivity contribution in [2.75, 3.05) is 13.6 Å². The monoisotopic (exact) mass is 502 g/mol. The van der Waals surface area contributed by atoms with Gasteiger partial charge in [-0.05, 0) is 46.8 Å². The molecule has 1 aromatic heterocycles. The molecule has 28 heavy (non-hydrogen) atoms. The highest BCUT2D eigenvalue weighted by atomic mass is 127. The van der Waals surface area contributed by atoms with E-state index in [-0.39, 0.29) is 24.0 Å². The number of aliphatic imine (C=N–C) groups is 1. The van der Waals surface area contributed by atoms with Crippen LogP contribution in [0.4, 0.5) is 4.79 Å². The van der Waals surface area contributed by atoms with Crippen molar-refractivity contribution in [2.24, 2.45) is 4.99 Å². The van der Waals surface area contributed by atoms with Gasteiger partial charge in [-0.2, -0.15) is 0 Å². The first-order chi connectivity index (χ1) is 12.6. The Labute approximate surface area is 183 Å². The minimum absolute atomic E-state index is 0. The van der Waals surface area contributed by atoms with Crippen LogP contribution >= 0.6 is 24.0 Å². The van der Waals surface area contributed by atoms with Gasteiger partial charge in [-0.25, -0.2) is 4.79 Å². The molecule has 1 amide bonds. The number of para-hydroxylation sites is 1. The van der Waals surface area contributed by atoms with Gasteiger partial charge in [-0.15, -0.1) is 24.0 Å². The fourth-order valence-electron chi connectivity index (χ4n) is 2.44. The Hall–Kier alpha value is -1.97. The number of hydrogen-bond acceptors (Lipinski definition) is 4. The van der Waals surface area contributed by atoms with E-state index in [4.69, 9.17) is 9.15 Å². The molecule has 0 spiro atoms. The zero-order valence-electron chi connectivity index (χ0n) is 17.4. The van der Waals surface area contributed by atoms with Crippen LogP contribution < -0.4 is 16.0 Å². The highest BCUT2D eigenvalue weighted by Gasteiger charge is 2.24. The predicted octanol–water partition coefficient (Wildman–Crippen LogP) is 4.02. The number of nitrogens with one attached hydrogen (secondary N) is 3. The lowest BCUT2D eigenvalue weighted by Crippen LogP contribution is -2.54. The van der Waals surface area contributed by atoms with Gasteiger partial charge in [0.1, 0.15) is 16.9 Å². The van der Waals surface area contributed by atoms with Crippen molar-refractivity contribution >= 4 is 47.0 Å². The average Bonchev–Trinajstić information content (AvgIpc) is 2.95. The van der Waals surface area contributed by atoms with Crippen LogP contribution in [0.15, 0.2) is 39.7 Å². The van der Waals surface area contributed by atoms with Crippen molar-refractivity contribution in [1.29, 1.82) is 0 Å². The standard InChI is InChI=1S/C20H30N4O3.HI/c1-19(2,3)27-18(25)24-20(4,5)13-23-17(21-6)22-12-15-11-14-9-7-8-10-16(14)26-15;/h7-11H,12-13H2,1-6H3,(H,24,25)(H2,21,22,23);1H. The summed E-state index contributed by atoms with van der Waals surface area (Å²) in [5.41, 5.74) is -0.184. The van der Waals surface area contributed by atoms with Crippen LogP contribution in [-0.4, -0.2) is 36.8 Å². The van der Waals surface area contributed by atoms with E-state index in [0.29, 0.717) is 19.0 Å². The number of rotatable bonds is 5. The quantitative estimate of drug-likeness (QED) is 0.327. The molecular formula is C20H31IN4O3. The Morgan fingerprint density at radius 3 is 2.43 bits per heavy atom. The molecule has 0 atom stereocenters. The Morgan fingerprint density at radius 1 is 1.14 bits per heavy atom. The van der Waals surface area contributed by atoms with Crippen LogP contribution in [0, 0.1) is 0 Å². The number of ether oxygens (including phenoxy) is 1. The topological polar surface area (TPSA) is 87.9 Å². The van der Waals surface area contributed by atoms with Crippen LogP contribution in [0.3, 0.4) is 0 Å². The number of alkyl carbamates (subject to hydrolysis) is 1. The van der Waals surface area contributed by atoms with Crippen molar-refractivity contribution in [3.8, 4) is 0 Å². The summed E-state index contributed by atoms with van der Waals surface area (Å²) in [7, 11) is 1.70. The second-order valence-electron chi connectivity index (χ2n) is 8.04. The molecular weight excluding hydrogens is 471 g/mol. The highest BCUT2D eigenvalue weighted by molar-refractivity contribution is 14.0. The summed E-state index contributed by atoms with van der Waals surface area (Å²) >= 11 is 0. The highest BCUT2D eigenvalue weighted by Crippen LogP contribution is 2.18. The minimum Gasteiger partial charge on any atom is -0.459 e. The van der Waals surface area contributed by atoms with Gasteiger partial charge in [0.2, 0.25) is 0 Å². The lowest BCUT2D eigenvalue weighted by Gasteiger charge is -2.29. The molecule has 1 heterocycles. The van der Waals surface area contributed by atoms with Gasteiger partial charge in [0.05, 0.1) is 12.1 Å². The van der Waals surface area contributed by atoms with E-state index in [2.05, 4.69) is 20.9 Å². The predicted molar refractivity (Wildman–Crippen MR) is 123 cm³/mol. The maximum atomic E-state index is 12.0. The maximum Gasteiger partial charge on any atom is 0.408 e. The summed E-state index contributed by atoms with van der Waals surface area (Å²) < 4.78 is 11.1. The number of benzene rings is 1. The zero-order valence-corrected chi connectivity index (χ0v) is 19.7. The van der Waals surface area contributed by atoms with Gasteiger partial charge < -0.3 is 25.1 Å². The smallest absolute Gasteiger partial charge is 0.408 e. The lowest BCUT2D eigenvalue weighted by atomic mass is 10.1. The summed E-state index contributed by atoms with van der Waals surface area (Å²) in [5, 5.41) is 10.3. The Kier molecular flexibility index (Phi) is 8.59. The summed E-state index contributed by atoms with van der Waals surface area (Å²) in [6, 6.07) is 9.89. The van der Waals surface area contributed by atoms with Crippen LogP contribution in [0.5, 0.6) is 0 Å². The maximum absolute atomic E-state index is 12.0. The molecule has 2 aromatic rings. The number of fused-ring (bicyclic) bond motifs is 1. The van der Waals surface area contributed by atoms with E-state index in [1.54, 1.807) is 7.05 Å². The van der Waals surface area contributed by atoms with Crippen LogP contribution in [0.2, 0.25) is 0 Å². The summed E-state index contributed by atoms with van der Waals surface area (Å²) in [5.74, 6) is 1.44. The van der Waals surface area contributed by atoms with E-state index in [1.165, 1.54) is 0 Å². The van der Waals surface area contributed by atoms with Crippen molar-refractivity contribution in [3.05, 3.63) is 36.1 Å². The molecule has 1 aromatic carbocycles. The number of halogens is 1. The van der Waals surface area contributed by atoms with Gasteiger partial charge in [0.25, 0.3) is 0 Å². The Morgan fingerprint density at radius 2 is 1.82 bits per heavy atom. The summed E-state index contributed by atoms with van der Waals surface area (Å²) in [4.78, 5) is 16.2. The zero-order chi connectivity index (χ0) is 20.1. The number of carbonyl (C=O) groups is 1. The second kappa shape index (κ2) is 9.99.